The monoisotopic (exact) mass is 526 g/mol. The highest BCUT2D eigenvalue weighted by Gasteiger charge is 2.42. The van der Waals surface area contributed by atoms with Crippen molar-refractivity contribution in [1.82, 2.24) is 20.4 Å². The van der Waals surface area contributed by atoms with Crippen LogP contribution in [0.2, 0.25) is 0 Å². The van der Waals surface area contributed by atoms with Crippen molar-refractivity contribution in [3.63, 3.8) is 0 Å². The smallest absolute Gasteiger partial charge is 0.249 e. The molecule has 3 heterocycles. The largest absolute Gasteiger partial charge is 0.374 e. The van der Waals surface area contributed by atoms with E-state index >= 15 is 4.39 Å². The number of hydrogen-bond acceptors (Lipinski definition) is 6. The molecule has 4 fully saturated rings. The predicted octanol–water partition coefficient (Wildman–Crippen LogP) is 2.58. The number of piperidine rings is 3. The number of likely N-dealkylation sites (tertiary alicyclic amines) is 2. The molecule has 1 aliphatic carbocycles. The van der Waals surface area contributed by atoms with Crippen molar-refractivity contribution >= 4 is 29.7 Å². The van der Waals surface area contributed by atoms with Crippen LogP contribution < -0.4 is 16.0 Å². The number of nitrogens with zero attached hydrogens (tertiary/aromatic N) is 2. The molecule has 3 amide bonds. The molecule has 5 rings (SSSR count). The Labute approximate surface area is 223 Å². The number of imide groups is 1. The van der Waals surface area contributed by atoms with Crippen molar-refractivity contribution in [2.45, 2.75) is 75.8 Å². The third kappa shape index (κ3) is 6.00. The van der Waals surface area contributed by atoms with Gasteiger partial charge in [-0.1, -0.05) is 6.07 Å². The number of amides is 3. The highest BCUT2D eigenvalue weighted by atomic mass is 19.1. The predicted molar refractivity (Wildman–Crippen MR) is 142 cm³/mol. The van der Waals surface area contributed by atoms with Crippen molar-refractivity contribution in [1.29, 1.82) is 5.41 Å². The molecule has 1 aromatic carbocycles. The topological polar surface area (TPSA) is 118 Å². The van der Waals surface area contributed by atoms with Gasteiger partial charge in [-0.2, -0.15) is 0 Å². The molecule has 10 heteroatoms. The molecule has 4 aliphatic rings. The van der Waals surface area contributed by atoms with Crippen molar-refractivity contribution in [2.75, 3.05) is 38.0 Å². The molecular formula is C28H39FN6O3. The summed E-state index contributed by atoms with van der Waals surface area (Å²) in [5, 5.41) is 15.8. The van der Waals surface area contributed by atoms with E-state index in [9.17, 15) is 14.4 Å². The molecule has 2 atom stereocenters. The molecule has 9 nitrogen and oxygen atoms in total. The molecule has 0 bridgehead atoms. The fourth-order valence-corrected chi connectivity index (χ4v) is 6.83. The number of anilines is 1. The van der Waals surface area contributed by atoms with Gasteiger partial charge in [0.1, 0.15) is 11.9 Å². The second-order valence-corrected chi connectivity index (χ2v) is 11.6. The SMILES string of the molecule is N=CN[C@H]1CCC2(CCN(C(=O)CN3CCC(c4ccc(NC5CCC(=O)NC5=O)cc4F)CC3)CC2)C1. The molecule has 3 saturated heterocycles. The fraction of sp³-hybridized carbons (Fsp3) is 0.643. The quantitative estimate of drug-likeness (QED) is 0.247. The minimum absolute atomic E-state index is 0.103. The van der Waals surface area contributed by atoms with E-state index in [-0.39, 0.29) is 35.9 Å². The maximum absolute atomic E-state index is 15.0. The summed E-state index contributed by atoms with van der Waals surface area (Å²) in [5.41, 5.74) is 1.54. The van der Waals surface area contributed by atoms with Gasteiger partial charge in [-0.3, -0.25) is 30.0 Å². The normalized spacial score (nSPS) is 26.3. The summed E-state index contributed by atoms with van der Waals surface area (Å²) in [7, 11) is 0. The summed E-state index contributed by atoms with van der Waals surface area (Å²) in [6.07, 6.45) is 9.05. The van der Waals surface area contributed by atoms with Gasteiger partial charge >= 0.3 is 0 Å². The number of carbonyl (C=O) groups excluding carboxylic acids is 3. The van der Waals surface area contributed by atoms with E-state index in [1.54, 1.807) is 12.1 Å². The lowest BCUT2D eigenvalue weighted by atomic mass is 9.77. The van der Waals surface area contributed by atoms with Crippen LogP contribution in [0.15, 0.2) is 18.2 Å². The zero-order valence-corrected chi connectivity index (χ0v) is 21.9. The zero-order valence-electron chi connectivity index (χ0n) is 21.9. The van der Waals surface area contributed by atoms with E-state index in [1.807, 2.05) is 4.90 Å². The number of rotatable bonds is 7. The van der Waals surface area contributed by atoms with Crippen molar-refractivity contribution in [3.8, 4) is 0 Å². The van der Waals surface area contributed by atoms with E-state index in [2.05, 4.69) is 20.9 Å². The first-order chi connectivity index (χ1) is 18.3. The van der Waals surface area contributed by atoms with Gasteiger partial charge in [-0.25, -0.2) is 4.39 Å². The summed E-state index contributed by atoms with van der Waals surface area (Å²) < 4.78 is 15.0. The van der Waals surface area contributed by atoms with Gasteiger partial charge in [0.05, 0.1) is 12.9 Å². The van der Waals surface area contributed by atoms with Crippen LogP contribution in [0.1, 0.15) is 69.3 Å². The number of benzene rings is 1. The average molecular weight is 527 g/mol. The summed E-state index contributed by atoms with van der Waals surface area (Å²) in [6, 6.07) is 4.90. The van der Waals surface area contributed by atoms with Crippen LogP contribution in [0.3, 0.4) is 0 Å². The molecule has 0 radical (unpaired) electrons. The standard InChI is InChI=1S/C28H39FN6O3/c29-23-15-20(32-24-3-4-25(36)33-27(24)38)1-2-22(23)19-6-11-34(12-7-19)17-26(37)35-13-9-28(10-14-35)8-5-21(16-28)31-18-30/h1-2,15,18-19,21,24,32H,3-14,16-17H2,(H2,30,31)(H,33,36,38)/t21-,24?/m0/s1. The number of nitrogens with one attached hydrogen (secondary N) is 4. The van der Waals surface area contributed by atoms with Gasteiger partial charge in [-0.15, -0.1) is 0 Å². The van der Waals surface area contributed by atoms with Gasteiger partial charge in [0.15, 0.2) is 0 Å². The summed E-state index contributed by atoms with van der Waals surface area (Å²) >= 11 is 0. The fourth-order valence-electron chi connectivity index (χ4n) is 6.83. The molecule has 1 saturated carbocycles. The zero-order chi connectivity index (χ0) is 26.7. The second kappa shape index (κ2) is 11.4. The molecule has 1 spiro atoms. The number of carbonyl (C=O) groups is 3. The van der Waals surface area contributed by atoms with Crippen LogP contribution in [-0.4, -0.2) is 78.7 Å². The lowest BCUT2D eigenvalue weighted by molar-refractivity contribution is -0.135. The van der Waals surface area contributed by atoms with E-state index in [0.717, 1.165) is 64.7 Å². The van der Waals surface area contributed by atoms with Crippen molar-refractivity contribution < 1.29 is 18.8 Å². The molecule has 206 valence electrons. The van der Waals surface area contributed by atoms with Crippen LogP contribution in [0.25, 0.3) is 0 Å². The average Bonchev–Trinajstić information content (AvgIpc) is 3.29. The Morgan fingerprint density at radius 2 is 1.87 bits per heavy atom. The first kappa shape index (κ1) is 26.6. The lowest BCUT2D eigenvalue weighted by Gasteiger charge is -2.40. The molecule has 3 aliphatic heterocycles. The maximum Gasteiger partial charge on any atom is 0.249 e. The minimum atomic E-state index is -0.538. The highest BCUT2D eigenvalue weighted by molar-refractivity contribution is 6.01. The Hall–Kier alpha value is -3.01. The van der Waals surface area contributed by atoms with Gasteiger partial charge in [-0.05, 0) is 93.5 Å². The Morgan fingerprint density at radius 1 is 1.11 bits per heavy atom. The third-order valence-electron chi connectivity index (χ3n) is 9.17. The molecular weight excluding hydrogens is 487 g/mol. The van der Waals surface area contributed by atoms with Crippen LogP contribution in [-0.2, 0) is 14.4 Å². The summed E-state index contributed by atoms with van der Waals surface area (Å²) in [5.74, 6) is -0.641. The van der Waals surface area contributed by atoms with Gasteiger partial charge < -0.3 is 15.5 Å². The van der Waals surface area contributed by atoms with Crippen LogP contribution >= 0.6 is 0 Å². The van der Waals surface area contributed by atoms with Crippen molar-refractivity contribution in [3.05, 3.63) is 29.6 Å². The van der Waals surface area contributed by atoms with E-state index in [0.29, 0.717) is 35.7 Å². The summed E-state index contributed by atoms with van der Waals surface area (Å²) in [4.78, 5) is 40.5. The Balaban J connectivity index is 1.07. The van der Waals surface area contributed by atoms with Gasteiger partial charge in [0.25, 0.3) is 0 Å². The number of halogens is 1. The molecule has 1 unspecified atom stereocenters. The van der Waals surface area contributed by atoms with E-state index in [1.165, 1.54) is 18.8 Å². The van der Waals surface area contributed by atoms with Crippen LogP contribution in [0.4, 0.5) is 10.1 Å². The third-order valence-corrected chi connectivity index (χ3v) is 9.17. The Kier molecular flexibility index (Phi) is 7.97. The van der Waals surface area contributed by atoms with Gasteiger partial charge in [0.2, 0.25) is 17.7 Å². The van der Waals surface area contributed by atoms with Crippen LogP contribution in [0.5, 0.6) is 0 Å². The van der Waals surface area contributed by atoms with E-state index < -0.39 is 6.04 Å². The maximum atomic E-state index is 15.0. The molecule has 38 heavy (non-hydrogen) atoms. The molecule has 1 aromatic rings. The van der Waals surface area contributed by atoms with Crippen molar-refractivity contribution in [2.24, 2.45) is 5.41 Å². The number of hydrogen-bond donors (Lipinski definition) is 4. The summed E-state index contributed by atoms with van der Waals surface area (Å²) in [6.45, 7) is 3.59. The minimum Gasteiger partial charge on any atom is -0.374 e. The Bertz CT molecular complexity index is 1060. The Morgan fingerprint density at radius 3 is 2.55 bits per heavy atom. The highest BCUT2D eigenvalue weighted by Crippen LogP contribution is 2.46. The molecule has 4 N–H and O–H groups in total. The first-order valence-corrected chi connectivity index (χ1v) is 14.0. The van der Waals surface area contributed by atoms with Gasteiger partial charge in [0, 0.05) is 31.2 Å². The second-order valence-electron chi connectivity index (χ2n) is 11.6. The molecule has 0 aromatic heterocycles. The lowest BCUT2D eigenvalue weighted by Crippen LogP contribution is -2.48. The van der Waals surface area contributed by atoms with E-state index in [4.69, 9.17) is 5.41 Å². The first-order valence-electron chi connectivity index (χ1n) is 14.0. The van der Waals surface area contributed by atoms with Crippen LogP contribution in [0, 0.1) is 16.6 Å².